The van der Waals surface area contributed by atoms with Crippen LogP contribution in [-0.2, 0) is 16.8 Å². The maximum atomic E-state index is 13.9. The van der Waals surface area contributed by atoms with E-state index in [4.69, 9.17) is 9.26 Å². The fourth-order valence-electron chi connectivity index (χ4n) is 4.54. The second-order valence-electron chi connectivity index (χ2n) is 7.54. The lowest BCUT2D eigenvalue weighted by Gasteiger charge is -2.23. The minimum Gasteiger partial charge on any atom is -0.491 e. The number of nitrogens with zero attached hydrogens (tertiary/aromatic N) is 3. The van der Waals surface area contributed by atoms with E-state index in [1.807, 2.05) is 66.4 Å². The highest BCUT2D eigenvalue weighted by Gasteiger charge is 2.57. The van der Waals surface area contributed by atoms with Crippen molar-refractivity contribution in [3.8, 4) is 5.75 Å². The predicted octanol–water partition coefficient (Wildman–Crippen LogP) is 3.76. The van der Waals surface area contributed by atoms with Gasteiger partial charge in [0.15, 0.2) is 5.58 Å². The third-order valence-electron chi connectivity index (χ3n) is 5.97. The topological polar surface area (TPSA) is 68.5 Å². The molecule has 2 aliphatic rings. The molecule has 0 saturated carbocycles. The minimum atomic E-state index is -0.862. The first-order chi connectivity index (χ1) is 14.2. The average Bonchev–Trinajstić information content (AvgIpc) is 3.38. The van der Waals surface area contributed by atoms with Gasteiger partial charge in [0, 0.05) is 28.9 Å². The number of ether oxygens (including phenoxy) is 1. The van der Waals surface area contributed by atoms with Crippen molar-refractivity contribution < 1.29 is 14.1 Å². The Balaban J connectivity index is 1.55. The summed E-state index contributed by atoms with van der Waals surface area (Å²) in [6, 6.07) is 17.5. The molecular formula is C23H17N3O3. The van der Waals surface area contributed by atoms with Crippen molar-refractivity contribution in [3.63, 3.8) is 0 Å². The lowest BCUT2D eigenvalue weighted by atomic mass is 9.77. The van der Waals surface area contributed by atoms with E-state index >= 15 is 0 Å². The molecule has 142 valence electrons. The zero-order chi connectivity index (χ0) is 19.6. The van der Waals surface area contributed by atoms with Gasteiger partial charge in [-0.05, 0) is 36.8 Å². The van der Waals surface area contributed by atoms with Gasteiger partial charge in [-0.1, -0.05) is 29.4 Å². The molecule has 0 bridgehead atoms. The number of rotatable bonds is 2. The van der Waals surface area contributed by atoms with Gasteiger partial charge in [-0.2, -0.15) is 0 Å². The van der Waals surface area contributed by atoms with Crippen LogP contribution in [0, 0.1) is 6.92 Å². The van der Waals surface area contributed by atoms with E-state index in [2.05, 4.69) is 10.1 Å². The van der Waals surface area contributed by atoms with Crippen LogP contribution in [0.5, 0.6) is 5.75 Å². The fraction of sp³-hybridized carbons (Fsp3) is 0.174. The Labute approximate surface area is 166 Å². The van der Waals surface area contributed by atoms with Gasteiger partial charge in [0.25, 0.3) is 0 Å². The van der Waals surface area contributed by atoms with Crippen LogP contribution >= 0.6 is 0 Å². The summed E-state index contributed by atoms with van der Waals surface area (Å²) >= 11 is 0. The molecule has 0 aliphatic carbocycles. The minimum absolute atomic E-state index is 0.0107. The number of amides is 1. The normalized spacial score (nSPS) is 19.6. The maximum absolute atomic E-state index is 13.9. The summed E-state index contributed by atoms with van der Waals surface area (Å²) in [4.78, 5) is 20.1. The van der Waals surface area contributed by atoms with E-state index in [9.17, 15) is 4.79 Å². The quantitative estimate of drug-likeness (QED) is 0.527. The number of fused-ring (bicyclic) bond motifs is 5. The largest absolute Gasteiger partial charge is 0.491 e. The standard InChI is InChI=1S/C23H17N3O3/c1-14-16-10-18-21(11-20(16)29-25-14)28-13-23(18)17-7-2-3-8-19(17)26(22(23)27)12-15-6-4-5-9-24-15/h2-11H,12-13H2,1H3. The molecule has 1 atom stereocenters. The van der Waals surface area contributed by atoms with Crippen molar-refractivity contribution in [2.75, 3.05) is 11.5 Å². The average molecular weight is 383 g/mol. The van der Waals surface area contributed by atoms with Crippen LogP contribution in [0.15, 0.2) is 65.3 Å². The Hall–Kier alpha value is -3.67. The molecule has 2 aromatic heterocycles. The SMILES string of the molecule is Cc1noc2cc3c(cc12)C1(CO3)C(=O)N(Cc2ccccn2)c2ccccc21. The molecule has 1 amide bonds. The van der Waals surface area contributed by atoms with Gasteiger partial charge in [0.2, 0.25) is 5.91 Å². The Morgan fingerprint density at radius 3 is 2.83 bits per heavy atom. The van der Waals surface area contributed by atoms with Gasteiger partial charge in [-0.15, -0.1) is 0 Å². The van der Waals surface area contributed by atoms with E-state index in [0.717, 1.165) is 33.6 Å². The van der Waals surface area contributed by atoms with Gasteiger partial charge in [-0.25, -0.2) is 0 Å². The summed E-state index contributed by atoms with van der Waals surface area (Å²) in [5.74, 6) is 0.688. The Bertz CT molecular complexity index is 1280. The van der Waals surface area contributed by atoms with Gasteiger partial charge in [0.1, 0.15) is 17.8 Å². The van der Waals surface area contributed by atoms with Crippen molar-refractivity contribution in [3.05, 3.63) is 83.3 Å². The molecule has 6 heteroatoms. The fourth-order valence-corrected chi connectivity index (χ4v) is 4.54. The first-order valence-electron chi connectivity index (χ1n) is 9.53. The molecule has 1 unspecified atom stereocenters. The van der Waals surface area contributed by atoms with Crippen LogP contribution < -0.4 is 9.64 Å². The van der Waals surface area contributed by atoms with Crippen molar-refractivity contribution in [1.29, 1.82) is 0 Å². The summed E-state index contributed by atoms with van der Waals surface area (Å²) in [5, 5.41) is 4.96. The molecule has 1 spiro atoms. The molecule has 29 heavy (non-hydrogen) atoms. The third-order valence-corrected chi connectivity index (χ3v) is 5.97. The third kappa shape index (κ3) is 2.08. The maximum Gasteiger partial charge on any atom is 0.246 e. The number of para-hydroxylation sites is 1. The van der Waals surface area contributed by atoms with E-state index in [-0.39, 0.29) is 12.5 Å². The Morgan fingerprint density at radius 2 is 1.97 bits per heavy atom. The van der Waals surface area contributed by atoms with Crippen molar-refractivity contribution in [2.24, 2.45) is 0 Å². The number of hydrogen-bond donors (Lipinski definition) is 0. The van der Waals surface area contributed by atoms with Crippen molar-refractivity contribution >= 4 is 22.6 Å². The highest BCUT2D eigenvalue weighted by molar-refractivity contribution is 6.12. The smallest absolute Gasteiger partial charge is 0.246 e. The summed E-state index contributed by atoms with van der Waals surface area (Å²) in [5.41, 5.74) is 4.19. The van der Waals surface area contributed by atoms with E-state index in [0.29, 0.717) is 17.9 Å². The summed E-state index contributed by atoms with van der Waals surface area (Å²) in [6.45, 7) is 2.59. The van der Waals surface area contributed by atoms with E-state index in [1.165, 1.54) is 0 Å². The number of carbonyl (C=O) groups is 1. The monoisotopic (exact) mass is 383 g/mol. The second-order valence-corrected chi connectivity index (χ2v) is 7.54. The summed E-state index contributed by atoms with van der Waals surface area (Å²) in [6.07, 6.45) is 1.75. The van der Waals surface area contributed by atoms with Crippen LogP contribution in [0.1, 0.15) is 22.5 Å². The molecular weight excluding hydrogens is 366 g/mol. The van der Waals surface area contributed by atoms with Gasteiger partial charge >= 0.3 is 0 Å². The molecule has 6 nitrogen and oxygen atoms in total. The highest BCUT2D eigenvalue weighted by Crippen LogP contribution is 2.53. The lowest BCUT2D eigenvalue weighted by Crippen LogP contribution is -2.42. The zero-order valence-corrected chi connectivity index (χ0v) is 15.8. The van der Waals surface area contributed by atoms with Crippen LogP contribution in [0.4, 0.5) is 5.69 Å². The van der Waals surface area contributed by atoms with Gasteiger partial charge < -0.3 is 14.2 Å². The molecule has 0 N–H and O–H groups in total. The van der Waals surface area contributed by atoms with Crippen LogP contribution in [0.3, 0.4) is 0 Å². The van der Waals surface area contributed by atoms with Crippen LogP contribution in [0.2, 0.25) is 0 Å². The van der Waals surface area contributed by atoms with Gasteiger partial charge in [-0.3, -0.25) is 9.78 Å². The second kappa shape index (κ2) is 5.67. The number of aryl methyl sites for hydroxylation is 1. The Morgan fingerprint density at radius 1 is 1.10 bits per heavy atom. The zero-order valence-electron chi connectivity index (χ0n) is 15.8. The van der Waals surface area contributed by atoms with E-state index in [1.54, 1.807) is 6.20 Å². The molecule has 0 radical (unpaired) electrons. The molecule has 0 fully saturated rings. The number of aromatic nitrogens is 2. The first-order valence-corrected chi connectivity index (χ1v) is 9.53. The van der Waals surface area contributed by atoms with Crippen molar-refractivity contribution in [1.82, 2.24) is 10.1 Å². The number of pyridine rings is 1. The van der Waals surface area contributed by atoms with Gasteiger partial charge in [0.05, 0.1) is 17.9 Å². The summed E-state index contributed by atoms with van der Waals surface area (Å²) < 4.78 is 11.4. The lowest BCUT2D eigenvalue weighted by molar-refractivity contribution is -0.122. The highest BCUT2D eigenvalue weighted by atomic mass is 16.5. The number of anilines is 1. The first kappa shape index (κ1) is 16.3. The van der Waals surface area contributed by atoms with Crippen LogP contribution in [-0.4, -0.2) is 22.7 Å². The predicted molar refractivity (Wildman–Crippen MR) is 107 cm³/mol. The molecule has 4 aromatic rings. The molecule has 2 aromatic carbocycles. The molecule has 6 rings (SSSR count). The molecule has 4 heterocycles. The Kier molecular flexibility index (Phi) is 3.19. The summed E-state index contributed by atoms with van der Waals surface area (Å²) in [7, 11) is 0. The number of hydrogen-bond acceptors (Lipinski definition) is 5. The molecule has 0 saturated heterocycles. The van der Waals surface area contributed by atoms with E-state index < -0.39 is 5.41 Å². The molecule has 2 aliphatic heterocycles. The number of benzene rings is 2. The van der Waals surface area contributed by atoms with Crippen molar-refractivity contribution in [2.45, 2.75) is 18.9 Å². The number of carbonyl (C=O) groups excluding carboxylic acids is 1. The van der Waals surface area contributed by atoms with Crippen LogP contribution in [0.25, 0.3) is 11.0 Å².